The zero-order chi connectivity index (χ0) is 14.1. The number of benzene rings is 2. The fourth-order valence-electron chi connectivity index (χ4n) is 1.83. The van der Waals surface area contributed by atoms with Crippen molar-refractivity contribution in [2.75, 3.05) is 5.32 Å². The molecule has 0 radical (unpaired) electrons. The smallest absolute Gasteiger partial charge is 0.184 e. The van der Waals surface area contributed by atoms with E-state index in [1.54, 1.807) is 6.07 Å². The first-order valence-corrected chi connectivity index (χ1v) is 7.06. The van der Waals surface area contributed by atoms with Gasteiger partial charge in [-0.25, -0.2) is 13.8 Å². The molecule has 0 bridgehead atoms. The third-order valence-electron chi connectivity index (χ3n) is 2.81. The van der Waals surface area contributed by atoms with Gasteiger partial charge in [0.25, 0.3) is 0 Å². The van der Waals surface area contributed by atoms with Crippen LogP contribution in [0.2, 0.25) is 5.02 Å². The number of rotatable bonds is 3. The number of hydrogen-bond donors (Lipinski definition) is 1. The lowest BCUT2D eigenvalue weighted by atomic mass is 10.2. The van der Waals surface area contributed by atoms with Crippen LogP contribution in [-0.2, 0) is 6.54 Å². The largest absolute Gasteiger partial charge is 0.357 e. The van der Waals surface area contributed by atoms with Gasteiger partial charge in [0, 0.05) is 18.2 Å². The average molecular weight is 311 g/mol. The van der Waals surface area contributed by atoms with E-state index in [1.807, 2.05) is 12.1 Å². The zero-order valence-corrected chi connectivity index (χ0v) is 11.7. The number of anilines is 1. The van der Waals surface area contributed by atoms with Crippen LogP contribution >= 0.6 is 22.9 Å². The maximum absolute atomic E-state index is 13.5. The molecule has 0 aliphatic heterocycles. The zero-order valence-electron chi connectivity index (χ0n) is 10.2. The third kappa shape index (κ3) is 2.59. The summed E-state index contributed by atoms with van der Waals surface area (Å²) in [5.74, 6) is -1.16. The summed E-state index contributed by atoms with van der Waals surface area (Å²) in [6.45, 7) is 0.240. The van der Waals surface area contributed by atoms with Gasteiger partial charge in [0.1, 0.15) is 11.6 Å². The van der Waals surface area contributed by atoms with Gasteiger partial charge in [-0.1, -0.05) is 35.1 Å². The molecule has 2 aromatic carbocycles. The number of halogens is 3. The Balaban J connectivity index is 1.81. The lowest BCUT2D eigenvalue weighted by molar-refractivity contribution is 0.574. The van der Waals surface area contributed by atoms with Gasteiger partial charge in [0.15, 0.2) is 5.13 Å². The number of hydrogen-bond acceptors (Lipinski definition) is 3. The summed E-state index contributed by atoms with van der Waals surface area (Å²) in [7, 11) is 0. The van der Waals surface area contributed by atoms with E-state index in [1.165, 1.54) is 23.5 Å². The Morgan fingerprint density at radius 1 is 1.20 bits per heavy atom. The summed E-state index contributed by atoms with van der Waals surface area (Å²) in [6, 6.07) is 9.00. The highest BCUT2D eigenvalue weighted by Crippen LogP contribution is 2.31. The average Bonchev–Trinajstić information content (AvgIpc) is 2.82. The fourth-order valence-corrected chi connectivity index (χ4v) is 2.98. The van der Waals surface area contributed by atoms with E-state index in [-0.39, 0.29) is 6.54 Å². The molecular weight excluding hydrogens is 302 g/mol. The predicted molar refractivity (Wildman–Crippen MR) is 78.3 cm³/mol. The van der Waals surface area contributed by atoms with Gasteiger partial charge in [-0.05, 0) is 18.2 Å². The van der Waals surface area contributed by atoms with Crippen molar-refractivity contribution in [3.63, 3.8) is 0 Å². The van der Waals surface area contributed by atoms with Crippen LogP contribution in [0.4, 0.5) is 13.9 Å². The molecule has 2 nitrogen and oxygen atoms in total. The second kappa shape index (κ2) is 5.34. The molecule has 1 N–H and O–H groups in total. The van der Waals surface area contributed by atoms with Gasteiger partial charge in [-0.3, -0.25) is 0 Å². The summed E-state index contributed by atoms with van der Waals surface area (Å²) in [4.78, 5) is 4.36. The van der Waals surface area contributed by atoms with Crippen molar-refractivity contribution in [1.29, 1.82) is 0 Å². The Bertz CT molecular complexity index is 773. The Labute approximate surface area is 123 Å². The van der Waals surface area contributed by atoms with E-state index in [4.69, 9.17) is 11.6 Å². The van der Waals surface area contributed by atoms with Crippen LogP contribution in [0.15, 0.2) is 36.4 Å². The Morgan fingerprint density at radius 2 is 2.05 bits per heavy atom. The minimum atomic E-state index is -0.585. The Kier molecular flexibility index (Phi) is 3.54. The molecule has 6 heteroatoms. The normalized spacial score (nSPS) is 10.9. The summed E-state index contributed by atoms with van der Waals surface area (Å²) >= 11 is 7.47. The second-order valence-electron chi connectivity index (χ2n) is 4.20. The Morgan fingerprint density at radius 3 is 2.80 bits per heavy atom. The molecule has 0 saturated heterocycles. The predicted octanol–water partition coefficient (Wildman–Crippen LogP) is 4.84. The lowest BCUT2D eigenvalue weighted by Crippen LogP contribution is -2.01. The molecular formula is C14H9ClF2N2S. The standard InChI is InChI=1S/C14H9ClF2N2S/c15-10-2-1-3-12-13(10)20-14(19-12)18-7-8-4-5-9(16)6-11(8)17/h1-6H,7H2,(H,18,19). The highest BCUT2D eigenvalue weighted by molar-refractivity contribution is 7.22. The van der Waals surface area contributed by atoms with E-state index >= 15 is 0 Å². The van der Waals surface area contributed by atoms with Crippen LogP contribution in [0.3, 0.4) is 0 Å². The van der Waals surface area contributed by atoms with Crippen molar-refractivity contribution >= 4 is 38.3 Å². The third-order valence-corrected chi connectivity index (χ3v) is 4.30. The van der Waals surface area contributed by atoms with Crippen molar-refractivity contribution in [3.8, 4) is 0 Å². The minimum absolute atomic E-state index is 0.240. The molecule has 1 heterocycles. The van der Waals surface area contributed by atoms with Gasteiger partial charge >= 0.3 is 0 Å². The van der Waals surface area contributed by atoms with E-state index in [2.05, 4.69) is 10.3 Å². The first-order valence-electron chi connectivity index (χ1n) is 5.86. The summed E-state index contributed by atoms with van der Waals surface area (Å²) in [5, 5.41) is 4.31. The maximum atomic E-state index is 13.5. The molecule has 3 aromatic rings. The molecule has 0 spiro atoms. The van der Waals surface area contributed by atoms with Crippen molar-refractivity contribution in [2.45, 2.75) is 6.54 Å². The molecule has 0 amide bonds. The number of fused-ring (bicyclic) bond motifs is 1. The Hall–Kier alpha value is -1.72. The van der Waals surface area contributed by atoms with Crippen LogP contribution in [0.1, 0.15) is 5.56 Å². The van der Waals surface area contributed by atoms with Gasteiger partial charge in [-0.2, -0.15) is 0 Å². The van der Waals surface area contributed by atoms with Gasteiger partial charge < -0.3 is 5.32 Å². The first kappa shape index (κ1) is 13.3. The van der Waals surface area contributed by atoms with Crippen molar-refractivity contribution in [3.05, 3.63) is 58.6 Å². The molecule has 0 saturated carbocycles. The number of thiazole rings is 1. The van der Waals surface area contributed by atoms with Crippen molar-refractivity contribution in [2.24, 2.45) is 0 Å². The topological polar surface area (TPSA) is 24.9 Å². The first-order chi connectivity index (χ1) is 9.63. The van der Waals surface area contributed by atoms with Gasteiger partial charge in [-0.15, -0.1) is 0 Å². The maximum Gasteiger partial charge on any atom is 0.184 e. The molecule has 1 aromatic heterocycles. The molecule has 20 heavy (non-hydrogen) atoms. The molecule has 0 fully saturated rings. The highest BCUT2D eigenvalue weighted by Gasteiger charge is 2.08. The van der Waals surface area contributed by atoms with Crippen LogP contribution in [-0.4, -0.2) is 4.98 Å². The molecule has 102 valence electrons. The summed E-state index contributed by atoms with van der Waals surface area (Å²) < 4.78 is 27.2. The minimum Gasteiger partial charge on any atom is -0.357 e. The van der Waals surface area contributed by atoms with E-state index < -0.39 is 11.6 Å². The van der Waals surface area contributed by atoms with Crippen LogP contribution in [0, 0.1) is 11.6 Å². The monoisotopic (exact) mass is 310 g/mol. The summed E-state index contributed by atoms with van der Waals surface area (Å²) in [6.07, 6.45) is 0. The number of aromatic nitrogens is 1. The van der Waals surface area contributed by atoms with Crippen molar-refractivity contribution in [1.82, 2.24) is 4.98 Å². The molecule has 3 rings (SSSR count). The van der Waals surface area contributed by atoms with Crippen molar-refractivity contribution < 1.29 is 8.78 Å². The van der Waals surface area contributed by atoms with Gasteiger partial charge in [0.05, 0.1) is 15.2 Å². The van der Waals surface area contributed by atoms with Gasteiger partial charge in [0.2, 0.25) is 0 Å². The lowest BCUT2D eigenvalue weighted by Gasteiger charge is -2.04. The second-order valence-corrected chi connectivity index (χ2v) is 5.60. The number of nitrogens with zero attached hydrogens (tertiary/aromatic N) is 1. The summed E-state index contributed by atoms with van der Waals surface area (Å²) in [5.41, 5.74) is 1.18. The molecule has 0 atom stereocenters. The molecule has 0 aliphatic carbocycles. The van der Waals surface area contributed by atoms with Crippen LogP contribution in [0.25, 0.3) is 10.2 Å². The van der Waals surface area contributed by atoms with E-state index in [0.29, 0.717) is 15.7 Å². The molecule has 0 aliphatic rings. The van der Waals surface area contributed by atoms with E-state index in [0.717, 1.165) is 16.3 Å². The van der Waals surface area contributed by atoms with E-state index in [9.17, 15) is 8.78 Å². The SMILES string of the molecule is Fc1ccc(CNc2nc3cccc(Cl)c3s2)c(F)c1. The number of nitrogens with one attached hydrogen (secondary N) is 1. The highest BCUT2D eigenvalue weighted by atomic mass is 35.5. The van der Waals surface area contributed by atoms with Crippen LogP contribution < -0.4 is 5.32 Å². The fraction of sp³-hybridized carbons (Fsp3) is 0.0714. The molecule has 0 unspecified atom stereocenters. The van der Waals surface area contributed by atoms with Crippen LogP contribution in [0.5, 0.6) is 0 Å². The quantitative estimate of drug-likeness (QED) is 0.748.